The molecule has 1 aliphatic rings. The molecule has 8 heteroatoms. The van der Waals surface area contributed by atoms with Crippen LogP contribution in [0.2, 0.25) is 0 Å². The monoisotopic (exact) mass is 362 g/mol. The number of para-hydroxylation sites is 1. The van der Waals surface area contributed by atoms with Gasteiger partial charge >= 0.3 is 6.09 Å². The first kappa shape index (κ1) is 18.2. The minimum atomic E-state index is -0.564. The Hall–Kier alpha value is -2.64. The van der Waals surface area contributed by atoms with Gasteiger partial charge in [-0.15, -0.1) is 10.2 Å². The highest BCUT2D eigenvalue weighted by Gasteiger charge is 2.35. The molecule has 0 bridgehead atoms. The van der Waals surface area contributed by atoms with Crippen molar-refractivity contribution < 1.29 is 18.7 Å². The standard InChI is InChI=1S/C18H23FN4O3/c1-18(2,3)26-17(24)23-10-6-9-13(23)16-20-15(21-22-16)11-7-5-8-12(19)14(11)25-4/h5,7-8,13H,6,9-10H2,1-4H3,(H,20,21,22)/t13-/m0/s1. The second-order valence-corrected chi connectivity index (χ2v) is 7.21. The van der Waals surface area contributed by atoms with Crippen LogP contribution in [0.4, 0.5) is 9.18 Å². The molecule has 1 aromatic heterocycles. The van der Waals surface area contributed by atoms with Crippen LogP contribution in [0.25, 0.3) is 11.4 Å². The van der Waals surface area contributed by atoms with Crippen LogP contribution in [0, 0.1) is 5.82 Å². The Morgan fingerprint density at radius 3 is 2.81 bits per heavy atom. The molecule has 1 aromatic carbocycles. The van der Waals surface area contributed by atoms with Gasteiger partial charge in [0.15, 0.2) is 23.2 Å². The maximum absolute atomic E-state index is 13.9. The van der Waals surface area contributed by atoms with Crippen LogP contribution in [0.1, 0.15) is 45.5 Å². The zero-order valence-electron chi connectivity index (χ0n) is 15.4. The second-order valence-electron chi connectivity index (χ2n) is 7.21. The minimum Gasteiger partial charge on any atom is -0.493 e. The molecule has 1 amide bonds. The molecule has 0 radical (unpaired) electrons. The number of halogens is 1. The summed E-state index contributed by atoms with van der Waals surface area (Å²) >= 11 is 0. The van der Waals surface area contributed by atoms with Crippen molar-refractivity contribution in [3.8, 4) is 17.1 Å². The van der Waals surface area contributed by atoms with Crippen molar-refractivity contribution in [2.75, 3.05) is 13.7 Å². The van der Waals surface area contributed by atoms with Gasteiger partial charge in [-0.1, -0.05) is 6.07 Å². The number of hydrogen-bond acceptors (Lipinski definition) is 5. The summed E-state index contributed by atoms with van der Waals surface area (Å²) in [5.41, 5.74) is -0.0841. The zero-order chi connectivity index (χ0) is 18.9. The lowest BCUT2D eigenvalue weighted by atomic mass is 10.1. The summed E-state index contributed by atoms with van der Waals surface area (Å²) in [5, 5.41) is 8.29. The highest BCUT2D eigenvalue weighted by molar-refractivity contribution is 5.69. The quantitative estimate of drug-likeness (QED) is 0.901. The number of hydrogen-bond donors (Lipinski definition) is 1. The number of likely N-dealkylation sites (tertiary alicyclic amines) is 1. The van der Waals surface area contributed by atoms with E-state index in [1.54, 1.807) is 17.0 Å². The van der Waals surface area contributed by atoms with Crippen LogP contribution < -0.4 is 4.74 Å². The number of aromatic amines is 1. The van der Waals surface area contributed by atoms with E-state index in [0.29, 0.717) is 23.8 Å². The van der Waals surface area contributed by atoms with Gasteiger partial charge in [0, 0.05) is 6.54 Å². The molecule has 1 atom stereocenters. The normalized spacial score (nSPS) is 17.4. The summed E-state index contributed by atoms with van der Waals surface area (Å²) < 4.78 is 24.5. The molecular formula is C18H23FN4O3. The van der Waals surface area contributed by atoms with Crippen molar-refractivity contribution in [1.82, 2.24) is 20.1 Å². The van der Waals surface area contributed by atoms with Crippen LogP contribution in [0.15, 0.2) is 18.2 Å². The highest BCUT2D eigenvalue weighted by Crippen LogP contribution is 2.34. The average molecular weight is 362 g/mol. The van der Waals surface area contributed by atoms with Crippen LogP contribution in [-0.4, -0.2) is 45.4 Å². The number of nitrogens with one attached hydrogen (secondary N) is 1. The Morgan fingerprint density at radius 2 is 2.12 bits per heavy atom. The van der Waals surface area contributed by atoms with E-state index in [1.165, 1.54) is 13.2 Å². The van der Waals surface area contributed by atoms with E-state index in [4.69, 9.17) is 9.47 Å². The van der Waals surface area contributed by atoms with Crippen molar-refractivity contribution in [1.29, 1.82) is 0 Å². The predicted molar refractivity (Wildman–Crippen MR) is 93.2 cm³/mol. The molecule has 0 spiro atoms. The number of amides is 1. The van der Waals surface area contributed by atoms with Crippen molar-refractivity contribution in [2.45, 2.75) is 45.3 Å². The first-order valence-corrected chi connectivity index (χ1v) is 8.55. The molecular weight excluding hydrogens is 339 g/mol. The summed E-state index contributed by atoms with van der Waals surface area (Å²) in [5.74, 6) is 0.576. The molecule has 1 fully saturated rings. The third kappa shape index (κ3) is 3.63. The molecule has 2 aromatic rings. The third-order valence-electron chi connectivity index (χ3n) is 4.13. The van der Waals surface area contributed by atoms with Crippen LogP contribution in [0.5, 0.6) is 5.75 Å². The minimum absolute atomic E-state index is 0.102. The Bertz CT molecular complexity index is 800. The van der Waals surface area contributed by atoms with Crippen molar-refractivity contribution in [2.24, 2.45) is 0 Å². The summed E-state index contributed by atoms with van der Waals surface area (Å²) in [6.07, 6.45) is 1.23. The average Bonchev–Trinajstić information content (AvgIpc) is 3.22. The van der Waals surface area contributed by atoms with E-state index in [9.17, 15) is 9.18 Å². The number of carbonyl (C=O) groups excluding carboxylic acids is 1. The largest absolute Gasteiger partial charge is 0.493 e. The number of aromatic nitrogens is 3. The third-order valence-corrected chi connectivity index (χ3v) is 4.13. The number of nitrogens with zero attached hydrogens (tertiary/aromatic N) is 3. The predicted octanol–water partition coefficient (Wildman–Crippen LogP) is 3.69. The summed E-state index contributed by atoms with van der Waals surface area (Å²) in [4.78, 5) is 17.2. The Morgan fingerprint density at radius 1 is 1.35 bits per heavy atom. The number of rotatable bonds is 3. The van der Waals surface area contributed by atoms with Gasteiger partial charge in [0.05, 0.1) is 18.7 Å². The van der Waals surface area contributed by atoms with Gasteiger partial charge in [-0.05, 0) is 45.7 Å². The van der Waals surface area contributed by atoms with Gasteiger partial charge < -0.3 is 14.5 Å². The Balaban J connectivity index is 1.85. The number of carbonyl (C=O) groups is 1. The molecule has 0 aliphatic carbocycles. The lowest BCUT2D eigenvalue weighted by Gasteiger charge is -2.27. The summed E-state index contributed by atoms with van der Waals surface area (Å²) in [7, 11) is 1.40. The maximum atomic E-state index is 13.9. The lowest BCUT2D eigenvalue weighted by Crippen LogP contribution is -2.36. The van der Waals surface area contributed by atoms with Crippen molar-refractivity contribution in [3.05, 3.63) is 29.8 Å². The summed E-state index contributed by atoms with van der Waals surface area (Å²) in [6, 6.07) is 4.36. The van der Waals surface area contributed by atoms with E-state index in [2.05, 4.69) is 15.2 Å². The second kappa shape index (κ2) is 6.93. The van der Waals surface area contributed by atoms with Crippen molar-refractivity contribution in [3.63, 3.8) is 0 Å². The van der Waals surface area contributed by atoms with E-state index in [0.717, 1.165) is 12.8 Å². The van der Waals surface area contributed by atoms with E-state index < -0.39 is 11.4 Å². The number of benzene rings is 1. The number of H-pyrrole nitrogens is 1. The molecule has 2 heterocycles. The molecule has 1 saturated heterocycles. The smallest absolute Gasteiger partial charge is 0.410 e. The Kier molecular flexibility index (Phi) is 4.84. The molecule has 140 valence electrons. The maximum Gasteiger partial charge on any atom is 0.410 e. The first-order chi connectivity index (χ1) is 12.3. The molecule has 1 N–H and O–H groups in total. The van der Waals surface area contributed by atoms with Gasteiger partial charge in [-0.25, -0.2) is 9.18 Å². The molecule has 7 nitrogen and oxygen atoms in total. The van der Waals surface area contributed by atoms with Gasteiger partial charge in [-0.3, -0.25) is 4.90 Å². The molecule has 1 aliphatic heterocycles. The van der Waals surface area contributed by atoms with Crippen LogP contribution >= 0.6 is 0 Å². The fraction of sp³-hybridized carbons (Fsp3) is 0.500. The van der Waals surface area contributed by atoms with Crippen LogP contribution in [-0.2, 0) is 4.74 Å². The summed E-state index contributed by atoms with van der Waals surface area (Å²) in [6.45, 7) is 6.09. The number of ether oxygens (including phenoxy) is 2. The van der Waals surface area contributed by atoms with Crippen molar-refractivity contribution >= 4 is 6.09 Å². The van der Waals surface area contributed by atoms with E-state index in [1.807, 2.05) is 20.8 Å². The van der Waals surface area contributed by atoms with Gasteiger partial charge in [-0.2, -0.15) is 0 Å². The van der Waals surface area contributed by atoms with Crippen LogP contribution in [0.3, 0.4) is 0 Å². The SMILES string of the molecule is COc1c(F)cccc1-c1nnc([C@@H]2CCCN2C(=O)OC(C)(C)C)[nH]1. The Labute approximate surface area is 151 Å². The van der Waals surface area contributed by atoms with Gasteiger partial charge in [0.2, 0.25) is 0 Å². The molecule has 26 heavy (non-hydrogen) atoms. The fourth-order valence-corrected chi connectivity index (χ4v) is 3.04. The van der Waals surface area contributed by atoms with Gasteiger partial charge in [0.25, 0.3) is 0 Å². The topological polar surface area (TPSA) is 80.3 Å². The lowest BCUT2D eigenvalue weighted by molar-refractivity contribution is 0.0218. The molecule has 3 rings (SSSR count). The zero-order valence-corrected chi connectivity index (χ0v) is 15.4. The number of methoxy groups -OCH3 is 1. The highest BCUT2D eigenvalue weighted by atomic mass is 19.1. The molecule has 0 unspecified atom stereocenters. The van der Waals surface area contributed by atoms with Gasteiger partial charge in [0.1, 0.15) is 5.60 Å². The van der Waals surface area contributed by atoms with E-state index in [-0.39, 0.29) is 17.9 Å². The van der Waals surface area contributed by atoms with E-state index >= 15 is 0 Å². The fourth-order valence-electron chi connectivity index (χ4n) is 3.04. The first-order valence-electron chi connectivity index (χ1n) is 8.55. The molecule has 0 saturated carbocycles.